The molecule has 0 saturated heterocycles. The second-order valence-electron chi connectivity index (χ2n) is 6.34. The summed E-state index contributed by atoms with van der Waals surface area (Å²) in [5.41, 5.74) is 0.902. The van der Waals surface area contributed by atoms with E-state index < -0.39 is 20.0 Å². The Hall–Kier alpha value is -1.74. The molecule has 2 rings (SSSR count). The van der Waals surface area contributed by atoms with E-state index in [9.17, 15) is 16.8 Å². The predicted octanol–water partition coefficient (Wildman–Crippen LogP) is 1.30. The van der Waals surface area contributed by atoms with E-state index in [1.807, 2.05) is 20.8 Å². The first-order valence-corrected chi connectivity index (χ1v) is 11.8. The molecule has 0 saturated carbocycles. The van der Waals surface area contributed by atoms with Gasteiger partial charge in [0.1, 0.15) is 0 Å². The fraction of sp³-hybridized carbons (Fsp3) is 0.368. The molecule has 0 aliphatic carbocycles. The summed E-state index contributed by atoms with van der Waals surface area (Å²) in [4.78, 5) is 1.07. The minimum Gasteiger partial charge on any atom is -0.334 e. The second kappa shape index (κ2) is 8.97. The lowest BCUT2D eigenvalue weighted by Gasteiger charge is -2.24. The molecule has 0 bridgehead atoms. The number of aryl methyl sites for hydroxylation is 1. The third-order valence-electron chi connectivity index (χ3n) is 4.54. The molecule has 0 radical (unpaired) electrons. The van der Waals surface area contributed by atoms with Gasteiger partial charge in [-0.3, -0.25) is 0 Å². The van der Waals surface area contributed by atoms with Gasteiger partial charge in [0.15, 0.2) is 0 Å². The zero-order valence-electron chi connectivity index (χ0n) is 15.9. The number of likely N-dealkylation sites (N-methyl/N-ethyl adjacent to an activating group) is 1. The first-order chi connectivity index (χ1) is 12.7. The van der Waals surface area contributed by atoms with Gasteiger partial charge in [-0.1, -0.05) is 39.6 Å². The summed E-state index contributed by atoms with van der Waals surface area (Å²) in [5, 5.41) is 0. The second-order valence-corrected chi connectivity index (χ2v) is 10.3. The summed E-state index contributed by atoms with van der Waals surface area (Å²) in [5.74, 6) is 0. The van der Waals surface area contributed by atoms with Crippen molar-refractivity contribution >= 4 is 20.0 Å². The summed E-state index contributed by atoms with van der Waals surface area (Å²) in [6.07, 6.45) is 0. The van der Waals surface area contributed by atoms with E-state index >= 15 is 0 Å². The quantitative estimate of drug-likeness (QED) is 0.675. The fourth-order valence-corrected chi connectivity index (χ4v) is 6.42. The summed E-state index contributed by atoms with van der Waals surface area (Å²) < 4.78 is 53.3. The standard InChI is InChI=1S/C19H26N2O4S2/c1-4-20(5-2)15-16-21(26(22,23)18-9-7-6-8-10-18)27(24,25)19-13-11-17(3)12-14-19/h6-14H,4-5,15-16H2,1-3H3/p+1. The van der Waals surface area contributed by atoms with Crippen LogP contribution in [0.2, 0.25) is 0 Å². The number of rotatable bonds is 9. The van der Waals surface area contributed by atoms with Crippen molar-refractivity contribution in [2.24, 2.45) is 0 Å². The van der Waals surface area contributed by atoms with Crippen molar-refractivity contribution in [1.29, 1.82) is 0 Å². The number of benzene rings is 2. The maximum atomic E-state index is 13.2. The molecule has 6 nitrogen and oxygen atoms in total. The normalized spacial score (nSPS) is 12.6. The Morgan fingerprint density at radius 3 is 1.74 bits per heavy atom. The van der Waals surface area contributed by atoms with Crippen LogP contribution in [0.25, 0.3) is 0 Å². The molecular weight excluding hydrogens is 384 g/mol. The summed E-state index contributed by atoms with van der Waals surface area (Å²) in [6.45, 7) is 7.71. The maximum Gasteiger partial charge on any atom is 0.256 e. The van der Waals surface area contributed by atoms with Gasteiger partial charge in [0.2, 0.25) is 0 Å². The van der Waals surface area contributed by atoms with E-state index in [0.717, 1.165) is 23.6 Å². The van der Waals surface area contributed by atoms with E-state index in [1.54, 1.807) is 30.3 Å². The first kappa shape index (κ1) is 21.6. The van der Waals surface area contributed by atoms with Gasteiger partial charge in [-0.05, 0) is 45.0 Å². The van der Waals surface area contributed by atoms with Crippen molar-refractivity contribution in [3.63, 3.8) is 0 Å². The van der Waals surface area contributed by atoms with Gasteiger partial charge in [0, 0.05) is 0 Å². The number of nitrogens with zero attached hydrogens (tertiary/aromatic N) is 1. The van der Waals surface area contributed by atoms with Gasteiger partial charge < -0.3 is 4.90 Å². The molecule has 0 atom stereocenters. The Bertz CT molecular complexity index is 937. The Labute approximate surface area is 162 Å². The first-order valence-electron chi connectivity index (χ1n) is 8.96. The maximum absolute atomic E-state index is 13.2. The van der Waals surface area contributed by atoms with Gasteiger partial charge in [-0.15, -0.1) is 0 Å². The molecule has 0 aliphatic rings. The number of nitrogens with one attached hydrogen (secondary N) is 1. The molecule has 0 unspecified atom stereocenters. The summed E-state index contributed by atoms with van der Waals surface area (Å²) in [7, 11) is -8.40. The van der Waals surface area contributed by atoms with Crippen LogP contribution in [0.4, 0.5) is 0 Å². The van der Waals surface area contributed by atoms with E-state index in [2.05, 4.69) is 0 Å². The van der Waals surface area contributed by atoms with Crippen LogP contribution in [0.5, 0.6) is 0 Å². The molecule has 0 fully saturated rings. The Morgan fingerprint density at radius 2 is 1.26 bits per heavy atom. The average molecular weight is 412 g/mol. The predicted molar refractivity (Wildman–Crippen MR) is 106 cm³/mol. The van der Waals surface area contributed by atoms with Crippen LogP contribution >= 0.6 is 0 Å². The Balaban J connectivity index is 2.51. The van der Waals surface area contributed by atoms with Crippen LogP contribution in [0.15, 0.2) is 64.4 Å². The minimum atomic E-state index is -4.20. The van der Waals surface area contributed by atoms with Crippen LogP contribution in [0, 0.1) is 6.92 Å². The zero-order chi connectivity index (χ0) is 20.1. The van der Waals surface area contributed by atoms with Crippen molar-refractivity contribution in [2.75, 3.05) is 26.2 Å². The van der Waals surface area contributed by atoms with E-state index in [-0.39, 0.29) is 16.3 Å². The highest BCUT2D eigenvalue weighted by molar-refractivity contribution is 8.04. The number of hydrogen-bond donors (Lipinski definition) is 1. The molecule has 2 aromatic carbocycles. The molecule has 148 valence electrons. The summed E-state index contributed by atoms with van der Waals surface area (Å²) >= 11 is 0. The molecule has 27 heavy (non-hydrogen) atoms. The van der Waals surface area contributed by atoms with E-state index in [4.69, 9.17) is 0 Å². The van der Waals surface area contributed by atoms with Crippen molar-refractivity contribution in [3.8, 4) is 0 Å². The van der Waals surface area contributed by atoms with E-state index in [1.165, 1.54) is 24.3 Å². The number of sulfonamides is 2. The van der Waals surface area contributed by atoms with Crippen LogP contribution in [0.1, 0.15) is 19.4 Å². The van der Waals surface area contributed by atoms with Gasteiger partial charge in [-0.2, -0.15) is 0 Å². The summed E-state index contributed by atoms with van der Waals surface area (Å²) in [6, 6.07) is 13.9. The van der Waals surface area contributed by atoms with Gasteiger partial charge in [0.25, 0.3) is 20.0 Å². The third kappa shape index (κ3) is 4.95. The fourth-order valence-electron chi connectivity index (χ4n) is 2.76. The van der Waals surface area contributed by atoms with Crippen molar-refractivity contribution in [1.82, 2.24) is 3.71 Å². The third-order valence-corrected chi connectivity index (χ3v) is 8.89. The molecule has 1 N–H and O–H groups in total. The van der Waals surface area contributed by atoms with Crippen molar-refractivity contribution < 1.29 is 21.7 Å². The molecule has 0 aromatic heterocycles. The van der Waals surface area contributed by atoms with Gasteiger partial charge in [0.05, 0.1) is 36.0 Å². The van der Waals surface area contributed by atoms with Crippen LogP contribution < -0.4 is 4.90 Å². The molecule has 0 amide bonds. The molecule has 0 aliphatic heterocycles. The highest BCUT2D eigenvalue weighted by Gasteiger charge is 2.37. The lowest BCUT2D eigenvalue weighted by molar-refractivity contribution is -0.895. The zero-order valence-corrected chi connectivity index (χ0v) is 17.6. The Kier molecular flexibility index (Phi) is 7.16. The topological polar surface area (TPSA) is 76.0 Å². The molecule has 2 aromatic rings. The Morgan fingerprint density at radius 1 is 0.778 bits per heavy atom. The van der Waals surface area contributed by atoms with Crippen molar-refractivity contribution in [2.45, 2.75) is 30.6 Å². The molecular formula is C19H27N2O4S2+. The van der Waals surface area contributed by atoms with Gasteiger partial charge >= 0.3 is 0 Å². The van der Waals surface area contributed by atoms with Crippen LogP contribution in [-0.4, -0.2) is 46.7 Å². The highest BCUT2D eigenvalue weighted by Crippen LogP contribution is 2.24. The smallest absolute Gasteiger partial charge is 0.256 e. The highest BCUT2D eigenvalue weighted by atomic mass is 32.3. The minimum absolute atomic E-state index is 0.0258. The van der Waals surface area contributed by atoms with Gasteiger partial charge in [-0.25, -0.2) is 16.8 Å². The largest absolute Gasteiger partial charge is 0.334 e. The van der Waals surface area contributed by atoms with Crippen molar-refractivity contribution in [3.05, 3.63) is 60.2 Å². The molecule has 8 heteroatoms. The lowest BCUT2D eigenvalue weighted by atomic mass is 10.2. The lowest BCUT2D eigenvalue weighted by Crippen LogP contribution is -3.12. The SMILES string of the molecule is CC[NH+](CC)CCN(S(=O)(=O)c1ccccc1)S(=O)(=O)c1ccc(C)cc1. The molecule has 0 spiro atoms. The van der Waals surface area contributed by atoms with Crippen LogP contribution in [0.3, 0.4) is 0 Å². The monoisotopic (exact) mass is 411 g/mol. The average Bonchev–Trinajstić information content (AvgIpc) is 2.66. The number of hydrogen-bond acceptors (Lipinski definition) is 4. The number of quaternary nitrogens is 1. The molecule has 0 heterocycles. The van der Waals surface area contributed by atoms with Crippen LogP contribution in [-0.2, 0) is 20.0 Å². The van der Waals surface area contributed by atoms with E-state index in [0.29, 0.717) is 10.3 Å².